The molecule has 180 valence electrons. The number of nitrogens with zero attached hydrogens (tertiary/aromatic N) is 3. The molecule has 3 N–H and O–H groups in total. The summed E-state index contributed by atoms with van der Waals surface area (Å²) in [5.41, 5.74) is 4.00. The Hall–Kier alpha value is -3.28. The zero-order chi connectivity index (χ0) is 25.0. The van der Waals surface area contributed by atoms with Crippen LogP contribution in [0.2, 0.25) is 0 Å². The molecule has 34 heavy (non-hydrogen) atoms. The molecule has 12 heteroatoms. The highest BCUT2D eigenvalue weighted by Crippen LogP contribution is 2.45. The zero-order valence-electron chi connectivity index (χ0n) is 18.3. The van der Waals surface area contributed by atoms with Crippen LogP contribution in [0, 0.1) is 5.82 Å². The van der Waals surface area contributed by atoms with E-state index in [0.717, 1.165) is 17.2 Å². The van der Waals surface area contributed by atoms with Gasteiger partial charge < -0.3 is 16.0 Å². The van der Waals surface area contributed by atoms with Gasteiger partial charge in [0.2, 0.25) is 5.91 Å². The van der Waals surface area contributed by atoms with Crippen molar-refractivity contribution in [3.63, 3.8) is 0 Å². The van der Waals surface area contributed by atoms with Crippen LogP contribution in [0.4, 0.5) is 34.8 Å². The minimum Gasteiger partial charge on any atom is -0.383 e. The summed E-state index contributed by atoms with van der Waals surface area (Å²) in [5.74, 6) is -2.65. The lowest BCUT2D eigenvalue weighted by Crippen LogP contribution is -2.49. The maximum absolute atomic E-state index is 14.9. The van der Waals surface area contributed by atoms with E-state index in [0.29, 0.717) is 30.6 Å². The van der Waals surface area contributed by atoms with Crippen molar-refractivity contribution in [3.05, 3.63) is 46.9 Å². The molecule has 2 amide bonds. The molecule has 1 aromatic carbocycles. The second-order valence-corrected chi connectivity index (χ2v) is 8.92. The molecular weight excluding hydrogens is 474 g/mol. The normalized spacial score (nSPS) is 20.5. The molecule has 0 fully saturated rings. The van der Waals surface area contributed by atoms with Crippen LogP contribution in [0.5, 0.6) is 0 Å². The first-order valence-corrected chi connectivity index (χ1v) is 10.8. The Kier molecular flexibility index (Phi) is 5.75. The number of hydrogen-bond acceptors (Lipinski definition) is 5. The smallest absolute Gasteiger partial charge is 0.383 e. The number of carbonyl (C=O) groups is 2. The fourth-order valence-corrected chi connectivity index (χ4v) is 4.95. The highest BCUT2D eigenvalue weighted by Gasteiger charge is 2.43. The minimum atomic E-state index is -4.78. The third-order valence-electron chi connectivity index (χ3n) is 6.29. The molecule has 2 bridgehead atoms. The van der Waals surface area contributed by atoms with E-state index in [4.69, 9.17) is 18.0 Å². The van der Waals surface area contributed by atoms with E-state index in [2.05, 4.69) is 10.3 Å². The van der Waals surface area contributed by atoms with Gasteiger partial charge in [0.15, 0.2) is 5.11 Å². The Labute approximate surface area is 197 Å². The minimum absolute atomic E-state index is 0.109. The van der Waals surface area contributed by atoms with Crippen molar-refractivity contribution < 1.29 is 27.2 Å². The predicted octanol–water partition coefficient (Wildman–Crippen LogP) is 3.76. The number of aromatic nitrogens is 1. The molecule has 4 rings (SSSR count). The van der Waals surface area contributed by atoms with E-state index in [1.165, 1.54) is 24.1 Å². The number of benzene rings is 1. The number of halogens is 4. The van der Waals surface area contributed by atoms with Gasteiger partial charge in [-0.15, -0.1) is 0 Å². The molecule has 0 radical (unpaired) electrons. The van der Waals surface area contributed by atoms with E-state index >= 15 is 0 Å². The highest BCUT2D eigenvalue weighted by molar-refractivity contribution is 7.81. The zero-order valence-corrected chi connectivity index (χ0v) is 19.1. The summed E-state index contributed by atoms with van der Waals surface area (Å²) >= 11 is 5.56. The van der Waals surface area contributed by atoms with Crippen molar-refractivity contribution in [3.8, 4) is 0 Å². The number of hydrogen-bond donors (Lipinski definition) is 2. The molecule has 3 heterocycles. The van der Waals surface area contributed by atoms with E-state index in [1.54, 1.807) is 0 Å². The number of nitrogen functional groups attached to an aromatic ring is 1. The summed E-state index contributed by atoms with van der Waals surface area (Å²) in [6.45, 7) is 2.12. The predicted molar refractivity (Wildman–Crippen MR) is 122 cm³/mol. The van der Waals surface area contributed by atoms with Crippen molar-refractivity contribution in [2.75, 3.05) is 29.1 Å². The van der Waals surface area contributed by atoms with Gasteiger partial charge in [0.1, 0.15) is 11.6 Å². The first kappa shape index (κ1) is 23.9. The van der Waals surface area contributed by atoms with E-state index < -0.39 is 40.6 Å². The first-order chi connectivity index (χ1) is 15.9. The van der Waals surface area contributed by atoms with Gasteiger partial charge in [0, 0.05) is 31.1 Å². The van der Waals surface area contributed by atoms with Crippen LogP contribution in [0.15, 0.2) is 24.4 Å². The van der Waals surface area contributed by atoms with Crippen molar-refractivity contribution in [1.29, 1.82) is 0 Å². The van der Waals surface area contributed by atoms with Crippen LogP contribution in [0.3, 0.4) is 0 Å². The monoisotopic (exact) mass is 495 g/mol. The Morgan fingerprint density at radius 2 is 2.00 bits per heavy atom. The SMILES string of the molecule is CNC(=O)c1cc2c(cc1F)N1CCCC2(C)CC(=O)N(c2cnc(N)c(C(F)(F)F)c2)C1=S. The summed E-state index contributed by atoms with van der Waals surface area (Å²) < 4.78 is 55.3. The van der Waals surface area contributed by atoms with Crippen molar-refractivity contribution >= 4 is 46.3 Å². The van der Waals surface area contributed by atoms with Crippen LogP contribution in [0.1, 0.15) is 47.7 Å². The number of nitrogens with two attached hydrogens (primary N) is 1. The Morgan fingerprint density at radius 1 is 1.29 bits per heavy atom. The lowest BCUT2D eigenvalue weighted by Gasteiger charge is -2.39. The molecule has 2 aromatic rings. The number of carbonyl (C=O) groups excluding carboxylic acids is 2. The Bertz CT molecular complexity index is 1220. The molecule has 1 aromatic heterocycles. The molecule has 0 aliphatic carbocycles. The van der Waals surface area contributed by atoms with E-state index in [-0.39, 0.29) is 22.8 Å². The largest absolute Gasteiger partial charge is 0.420 e. The van der Waals surface area contributed by atoms with Crippen molar-refractivity contribution in [2.24, 2.45) is 0 Å². The fourth-order valence-electron chi connectivity index (χ4n) is 4.55. The average molecular weight is 496 g/mol. The number of anilines is 3. The maximum Gasteiger partial charge on any atom is 0.420 e. The van der Waals surface area contributed by atoms with Gasteiger partial charge in [-0.2, -0.15) is 13.2 Å². The van der Waals surface area contributed by atoms with Gasteiger partial charge in [0.25, 0.3) is 5.91 Å². The standard InChI is InChI=1S/C22H21F4N5O2S/c1-21-4-3-5-30(16-8-15(23)12(7-13(16)21)19(33)28-2)20(34)31(17(32)9-21)11-6-14(22(24,25)26)18(27)29-10-11/h6-8,10H,3-5,9H2,1-2H3,(H2,27,29)(H,28,33). The summed E-state index contributed by atoms with van der Waals surface area (Å²) in [5, 5.41) is 2.29. The fraction of sp³-hybridized carbons (Fsp3) is 0.364. The second-order valence-electron chi connectivity index (χ2n) is 8.56. The highest BCUT2D eigenvalue weighted by atomic mass is 32.1. The Morgan fingerprint density at radius 3 is 2.65 bits per heavy atom. The number of rotatable bonds is 2. The second kappa shape index (κ2) is 8.19. The van der Waals surface area contributed by atoms with E-state index in [1.807, 2.05) is 6.92 Å². The van der Waals surface area contributed by atoms with Crippen LogP contribution >= 0.6 is 12.2 Å². The summed E-state index contributed by atoms with van der Waals surface area (Å²) in [4.78, 5) is 31.8. The summed E-state index contributed by atoms with van der Waals surface area (Å²) in [6, 6.07) is 3.35. The lowest BCUT2D eigenvalue weighted by molar-refractivity contribution is -0.137. The molecule has 0 spiro atoms. The van der Waals surface area contributed by atoms with Crippen LogP contribution in [0.25, 0.3) is 0 Å². The average Bonchev–Trinajstić information content (AvgIpc) is 2.85. The molecule has 2 aliphatic rings. The van der Waals surface area contributed by atoms with Gasteiger partial charge in [-0.05, 0) is 48.8 Å². The van der Waals surface area contributed by atoms with Crippen molar-refractivity contribution in [2.45, 2.75) is 37.8 Å². The number of alkyl halides is 3. The Balaban J connectivity index is 1.91. The molecule has 2 aliphatic heterocycles. The number of pyridine rings is 1. The van der Waals surface area contributed by atoms with Crippen molar-refractivity contribution in [1.82, 2.24) is 10.3 Å². The van der Waals surface area contributed by atoms with E-state index in [9.17, 15) is 27.2 Å². The van der Waals surface area contributed by atoms with Gasteiger partial charge >= 0.3 is 6.18 Å². The van der Waals surface area contributed by atoms with Gasteiger partial charge in [-0.25, -0.2) is 9.37 Å². The number of thiocarbonyl (C=S) groups is 1. The topological polar surface area (TPSA) is 91.6 Å². The van der Waals surface area contributed by atoms with Crippen LogP contribution in [-0.2, 0) is 16.4 Å². The number of nitrogens with one attached hydrogen (secondary N) is 1. The quantitative estimate of drug-likeness (QED) is 0.487. The molecule has 0 saturated carbocycles. The summed E-state index contributed by atoms with van der Waals surface area (Å²) in [6.07, 6.45) is -2.75. The molecular formula is C22H21F4N5O2S. The van der Waals surface area contributed by atoms with Crippen LogP contribution in [-0.4, -0.2) is 35.5 Å². The lowest BCUT2D eigenvalue weighted by atomic mass is 9.74. The molecule has 7 nitrogen and oxygen atoms in total. The van der Waals surface area contributed by atoms with Gasteiger partial charge in [0.05, 0.1) is 23.0 Å². The number of amides is 2. The third-order valence-corrected chi connectivity index (χ3v) is 6.69. The van der Waals surface area contributed by atoms with Crippen LogP contribution < -0.4 is 20.9 Å². The summed E-state index contributed by atoms with van der Waals surface area (Å²) in [7, 11) is 1.38. The van der Waals surface area contributed by atoms with Gasteiger partial charge in [-0.1, -0.05) is 6.92 Å². The molecule has 1 atom stereocenters. The molecule has 0 saturated heterocycles. The third kappa shape index (κ3) is 3.85. The van der Waals surface area contributed by atoms with Gasteiger partial charge in [-0.3, -0.25) is 14.5 Å². The maximum atomic E-state index is 14.9. The molecule has 1 unspecified atom stereocenters. The first-order valence-electron chi connectivity index (χ1n) is 10.4.